The highest BCUT2D eigenvalue weighted by atomic mass is 32.2. The number of rotatable bonds is 7. The van der Waals surface area contributed by atoms with E-state index in [4.69, 9.17) is 9.63 Å². The average Bonchev–Trinajstić information content (AvgIpc) is 3.03. The van der Waals surface area contributed by atoms with Gasteiger partial charge in [-0.15, -0.1) is 11.3 Å². The lowest BCUT2D eigenvalue weighted by Crippen LogP contribution is -2.26. The van der Waals surface area contributed by atoms with Gasteiger partial charge in [-0.3, -0.25) is 0 Å². The minimum atomic E-state index is -3.83. The maximum absolute atomic E-state index is 12.0. The molecule has 0 aliphatic heterocycles. The summed E-state index contributed by atoms with van der Waals surface area (Å²) in [4.78, 5) is 14.5. The van der Waals surface area contributed by atoms with Crippen LogP contribution in [0.3, 0.4) is 0 Å². The smallest absolute Gasteiger partial charge is 0.347 e. The topological polar surface area (TPSA) is 122 Å². The van der Waals surface area contributed by atoms with Crippen molar-refractivity contribution in [1.29, 1.82) is 0 Å². The minimum Gasteiger partial charge on any atom is -0.477 e. The first kappa shape index (κ1) is 15.6. The molecular weight excluding hydrogens is 318 g/mol. The number of aromatic nitrogens is 2. The van der Waals surface area contributed by atoms with E-state index in [1.807, 2.05) is 0 Å². The van der Waals surface area contributed by atoms with E-state index in [1.165, 1.54) is 11.4 Å². The van der Waals surface area contributed by atoms with Crippen LogP contribution in [-0.4, -0.2) is 36.2 Å². The number of hydrogen-bond donors (Lipinski definition) is 2. The summed E-state index contributed by atoms with van der Waals surface area (Å²) in [5.41, 5.74) is 0. The summed E-state index contributed by atoms with van der Waals surface area (Å²) < 4.78 is 31.3. The number of aromatic carboxylic acids is 1. The molecule has 0 aliphatic rings. The number of sulfonamides is 1. The molecule has 0 fully saturated rings. The lowest BCUT2D eigenvalue weighted by atomic mass is 10.3. The lowest BCUT2D eigenvalue weighted by Gasteiger charge is -2.05. The SMILES string of the molecule is Cc1noc(CCCNS(=O)(=O)c2ccsc2C(=O)O)n1. The molecule has 0 bridgehead atoms. The van der Waals surface area contributed by atoms with Crippen molar-refractivity contribution in [1.82, 2.24) is 14.9 Å². The second kappa shape index (κ2) is 6.33. The van der Waals surface area contributed by atoms with Crippen LogP contribution >= 0.6 is 11.3 Å². The number of nitrogens with one attached hydrogen (secondary N) is 1. The number of nitrogens with zero attached hydrogens (tertiary/aromatic N) is 2. The van der Waals surface area contributed by atoms with Gasteiger partial charge in [0, 0.05) is 13.0 Å². The fraction of sp³-hybridized carbons (Fsp3) is 0.364. The maximum Gasteiger partial charge on any atom is 0.347 e. The van der Waals surface area contributed by atoms with Gasteiger partial charge in [-0.2, -0.15) is 4.98 Å². The van der Waals surface area contributed by atoms with Gasteiger partial charge >= 0.3 is 5.97 Å². The van der Waals surface area contributed by atoms with Gasteiger partial charge in [-0.25, -0.2) is 17.9 Å². The highest BCUT2D eigenvalue weighted by Crippen LogP contribution is 2.21. The van der Waals surface area contributed by atoms with Crippen molar-refractivity contribution in [2.45, 2.75) is 24.7 Å². The Morgan fingerprint density at radius 3 is 2.90 bits per heavy atom. The van der Waals surface area contributed by atoms with Crippen LogP contribution < -0.4 is 4.72 Å². The third-order valence-electron chi connectivity index (χ3n) is 2.54. The van der Waals surface area contributed by atoms with E-state index < -0.39 is 16.0 Å². The Balaban J connectivity index is 1.92. The fourth-order valence-electron chi connectivity index (χ4n) is 1.63. The normalized spacial score (nSPS) is 11.7. The first-order chi connectivity index (χ1) is 9.90. The maximum atomic E-state index is 12.0. The molecule has 0 amide bonds. The molecule has 0 spiro atoms. The summed E-state index contributed by atoms with van der Waals surface area (Å²) in [7, 11) is -3.83. The Bertz CT molecular complexity index is 735. The summed E-state index contributed by atoms with van der Waals surface area (Å²) in [6, 6.07) is 1.28. The first-order valence-corrected chi connectivity index (χ1v) is 8.36. The van der Waals surface area contributed by atoms with E-state index in [-0.39, 0.29) is 16.3 Å². The van der Waals surface area contributed by atoms with Gasteiger partial charge < -0.3 is 9.63 Å². The van der Waals surface area contributed by atoms with Crippen molar-refractivity contribution < 1.29 is 22.8 Å². The summed E-state index contributed by atoms with van der Waals surface area (Å²) in [5, 5.41) is 14.0. The highest BCUT2D eigenvalue weighted by Gasteiger charge is 2.23. The zero-order chi connectivity index (χ0) is 15.5. The van der Waals surface area contributed by atoms with Gasteiger partial charge in [-0.05, 0) is 24.8 Å². The Hall–Kier alpha value is -1.78. The molecule has 0 saturated carbocycles. The van der Waals surface area contributed by atoms with Gasteiger partial charge in [-0.1, -0.05) is 5.16 Å². The second-order valence-corrected chi connectivity index (χ2v) is 6.81. The van der Waals surface area contributed by atoms with Gasteiger partial charge in [0.05, 0.1) is 0 Å². The van der Waals surface area contributed by atoms with Crippen LogP contribution in [-0.2, 0) is 16.4 Å². The van der Waals surface area contributed by atoms with Crippen molar-refractivity contribution in [3.05, 3.63) is 28.0 Å². The third kappa shape index (κ3) is 3.86. The Labute approximate surface area is 124 Å². The molecule has 0 saturated heterocycles. The molecule has 2 aromatic heterocycles. The van der Waals surface area contributed by atoms with Crippen molar-refractivity contribution >= 4 is 27.3 Å². The summed E-state index contributed by atoms with van der Waals surface area (Å²) in [6.45, 7) is 1.85. The molecule has 0 atom stereocenters. The summed E-state index contributed by atoms with van der Waals surface area (Å²) >= 11 is 0.871. The van der Waals surface area contributed by atoms with Crippen LogP contribution in [0.1, 0.15) is 27.8 Å². The molecular formula is C11H13N3O5S2. The number of hydrogen-bond acceptors (Lipinski definition) is 7. The fourth-order valence-corrected chi connectivity index (χ4v) is 3.96. The number of carboxylic acids is 1. The Morgan fingerprint density at radius 1 is 1.52 bits per heavy atom. The summed E-state index contributed by atoms with van der Waals surface area (Å²) in [5.74, 6) is -0.296. The Morgan fingerprint density at radius 2 is 2.29 bits per heavy atom. The van der Waals surface area contributed by atoms with Crippen molar-refractivity contribution in [2.75, 3.05) is 6.54 Å². The van der Waals surface area contributed by atoms with E-state index in [1.54, 1.807) is 6.92 Å². The van der Waals surface area contributed by atoms with Crippen molar-refractivity contribution in [2.24, 2.45) is 0 Å². The standard InChI is InChI=1S/C11H13N3O5S2/c1-7-13-9(19-14-7)3-2-5-12-21(17,18)8-4-6-20-10(8)11(15)16/h4,6,12H,2-3,5H2,1H3,(H,15,16). The number of carboxylic acid groups (broad SMARTS) is 1. The van der Waals surface area contributed by atoms with E-state index in [9.17, 15) is 13.2 Å². The monoisotopic (exact) mass is 331 g/mol. The van der Waals surface area contributed by atoms with Crippen molar-refractivity contribution in [3.63, 3.8) is 0 Å². The molecule has 2 heterocycles. The lowest BCUT2D eigenvalue weighted by molar-refractivity contribution is 0.0698. The predicted molar refractivity (Wildman–Crippen MR) is 73.8 cm³/mol. The minimum absolute atomic E-state index is 0.151. The first-order valence-electron chi connectivity index (χ1n) is 6.00. The van der Waals surface area contributed by atoms with Gasteiger partial charge in [0.15, 0.2) is 5.82 Å². The quantitative estimate of drug-likeness (QED) is 0.727. The molecule has 2 N–H and O–H groups in total. The number of aryl methyl sites for hydroxylation is 2. The average molecular weight is 331 g/mol. The van der Waals surface area contributed by atoms with Crippen LogP contribution in [0, 0.1) is 6.92 Å². The molecule has 21 heavy (non-hydrogen) atoms. The van der Waals surface area contributed by atoms with Crippen LogP contribution in [0.25, 0.3) is 0 Å². The molecule has 0 aromatic carbocycles. The molecule has 2 rings (SSSR count). The zero-order valence-corrected chi connectivity index (χ0v) is 12.7. The van der Waals surface area contributed by atoms with Crippen LogP contribution in [0.2, 0.25) is 0 Å². The van der Waals surface area contributed by atoms with Gasteiger partial charge in [0.25, 0.3) is 0 Å². The zero-order valence-electron chi connectivity index (χ0n) is 11.1. The van der Waals surface area contributed by atoms with Crippen LogP contribution in [0.4, 0.5) is 0 Å². The molecule has 8 nitrogen and oxygen atoms in total. The summed E-state index contributed by atoms with van der Waals surface area (Å²) in [6.07, 6.45) is 0.909. The molecule has 114 valence electrons. The Kier molecular flexibility index (Phi) is 4.70. The molecule has 10 heteroatoms. The predicted octanol–water partition coefficient (Wildman–Crippen LogP) is 1.05. The van der Waals surface area contributed by atoms with E-state index in [2.05, 4.69) is 14.9 Å². The van der Waals surface area contributed by atoms with E-state index >= 15 is 0 Å². The second-order valence-electron chi connectivity index (χ2n) is 4.16. The number of thiophene rings is 1. The van der Waals surface area contributed by atoms with Gasteiger partial charge in [0.2, 0.25) is 15.9 Å². The molecule has 0 radical (unpaired) electrons. The molecule has 2 aromatic rings. The van der Waals surface area contributed by atoms with Crippen LogP contribution in [0.15, 0.2) is 20.9 Å². The number of carbonyl (C=O) groups is 1. The third-order valence-corrected chi connectivity index (χ3v) is 5.08. The highest BCUT2D eigenvalue weighted by molar-refractivity contribution is 7.89. The van der Waals surface area contributed by atoms with E-state index in [0.717, 1.165) is 11.3 Å². The van der Waals surface area contributed by atoms with Crippen LogP contribution in [0.5, 0.6) is 0 Å². The molecule has 0 unspecified atom stereocenters. The largest absolute Gasteiger partial charge is 0.477 e. The molecule has 0 aliphatic carbocycles. The van der Waals surface area contributed by atoms with Crippen molar-refractivity contribution in [3.8, 4) is 0 Å². The van der Waals surface area contributed by atoms with Gasteiger partial charge in [0.1, 0.15) is 9.77 Å². The van der Waals surface area contributed by atoms with E-state index in [0.29, 0.717) is 24.6 Å².